The quantitative estimate of drug-likeness (QED) is 0.249. The van der Waals surface area contributed by atoms with Crippen molar-refractivity contribution in [1.82, 2.24) is 0 Å². The second-order valence-electron chi connectivity index (χ2n) is 4.37. The Balaban J connectivity index is 3.05. The van der Waals surface area contributed by atoms with Crippen molar-refractivity contribution in [1.29, 1.82) is 0 Å². The molecule has 0 radical (unpaired) electrons. The molecule has 0 aliphatic rings. The van der Waals surface area contributed by atoms with E-state index in [2.05, 4.69) is 0 Å². The topological polar surface area (TPSA) is 115 Å². The molecule has 19 heavy (non-hydrogen) atoms. The zero-order valence-corrected chi connectivity index (χ0v) is 11.0. The van der Waals surface area contributed by atoms with Crippen LogP contribution in [-0.4, -0.2) is 16.9 Å². The van der Waals surface area contributed by atoms with Gasteiger partial charge in [0, 0.05) is 11.3 Å². The number of nitrogens with two attached hydrogens (primary N) is 3. The molecule has 0 spiro atoms. The number of allylic oxidation sites excluding steroid dienone is 1. The molecule has 1 atom stereocenters. The second-order valence-corrected chi connectivity index (χ2v) is 4.37. The number of amidine groups is 1. The minimum Gasteiger partial charge on any atom is -0.478 e. The summed E-state index contributed by atoms with van der Waals surface area (Å²) in [4.78, 5) is 11.3. The summed E-state index contributed by atoms with van der Waals surface area (Å²) in [6, 6.07) is 7.26. The molecule has 0 amide bonds. The maximum Gasteiger partial charge on any atom is 0.332 e. The molecule has 0 bridgehead atoms. The van der Waals surface area contributed by atoms with E-state index in [4.69, 9.17) is 16.9 Å². The van der Waals surface area contributed by atoms with Gasteiger partial charge in [-0.25, -0.2) is 4.79 Å². The summed E-state index contributed by atoms with van der Waals surface area (Å²) in [5, 5.41) is 14.9. The van der Waals surface area contributed by atoms with Crippen LogP contribution in [0.3, 0.4) is 0 Å². The van der Waals surface area contributed by atoms with Gasteiger partial charge < -0.3 is 10.8 Å². The van der Waals surface area contributed by atoms with E-state index >= 15 is 0 Å². The van der Waals surface area contributed by atoms with Crippen molar-refractivity contribution in [2.24, 2.45) is 11.7 Å². The third kappa shape index (κ3) is 4.13. The highest BCUT2D eigenvalue weighted by Gasteiger charge is 2.26. The number of hydrogen-bond donors (Lipinski definition) is 4. The van der Waals surface area contributed by atoms with Crippen LogP contribution in [0, 0.1) is 5.92 Å². The standard InChI is InChI=1S/C14H19N3O2/c1-2-4-11(14(18)19)12(13(16)17)8-9-5-3-6-10(15)7-9/h3-7,12H,2,8,15H2,1H3,(H3,16,17)(H,18,19)/p+1/b11-4+/t12-/m0/s1. The first-order valence-corrected chi connectivity index (χ1v) is 6.11. The summed E-state index contributed by atoms with van der Waals surface area (Å²) in [7, 11) is 0. The Morgan fingerprint density at radius 3 is 2.68 bits per heavy atom. The number of carboxylic acids is 1. The maximum atomic E-state index is 11.3. The van der Waals surface area contributed by atoms with Crippen LogP contribution in [0.15, 0.2) is 35.9 Å². The average Bonchev–Trinajstić information content (AvgIpc) is 2.33. The van der Waals surface area contributed by atoms with Crippen LogP contribution in [0.25, 0.3) is 0 Å². The molecule has 0 unspecified atom stereocenters. The molecule has 0 fully saturated rings. The monoisotopic (exact) mass is 262 g/mol. The predicted octanol–water partition coefficient (Wildman–Crippen LogP) is -0.0352. The predicted molar refractivity (Wildman–Crippen MR) is 75.2 cm³/mol. The van der Waals surface area contributed by atoms with Crippen LogP contribution in [0.4, 0.5) is 5.69 Å². The summed E-state index contributed by atoms with van der Waals surface area (Å²) in [5.74, 6) is -1.41. The van der Waals surface area contributed by atoms with E-state index in [0.29, 0.717) is 18.5 Å². The number of nitrogen functional groups attached to an aromatic ring is 1. The van der Waals surface area contributed by atoms with Gasteiger partial charge in [-0.15, -0.1) is 0 Å². The lowest BCUT2D eigenvalue weighted by Gasteiger charge is -2.13. The molecule has 7 N–H and O–H groups in total. The molecule has 1 aromatic carbocycles. The normalized spacial score (nSPS) is 13.0. The van der Waals surface area contributed by atoms with Crippen LogP contribution < -0.4 is 16.9 Å². The zero-order chi connectivity index (χ0) is 14.4. The molecule has 0 aliphatic heterocycles. The Kier molecular flexibility index (Phi) is 5.11. The van der Waals surface area contributed by atoms with Crippen LogP contribution in [0.2, 0.25) is 0 Å². The second kappa shape index (κ2) is 6.58. The van der Waals surface area contributed by atoms with Gasteiger partial charge in [-0.05, 0) is 30.5 Å². The van der Waals surface area contributed by atoms with Gasteiger partial charge in [0.2, 0.25) is 5.84 Å². The first kappa shape index (κ1) is 14.8. The Labute approximate surface area is 112 Å². The van der Waals surface area contributed by atoms with E-state index in [0.717, 1.165) is 5.56 Å². The highest BCUT2D eigenvalue weighted by Crippen LogP contribution is 2.19. The largest absolute Gasteiger partial charge is 0.478 e. The van der Waals surface area contributed by atoms with Crippen LogP contribution in [-0.2, 0) is 11.2 Å². The highest BCUT2D eigenvalue weighted by molar-refractivity contribution is 5.95. The van der Waals surface area contributed by atoms with E-state index in [-0.39, 0.29) is 11.4 Å². The number of hydrogen-bond acceptors (Lipinski definition) is 2. The summed E-state index contributed by atoms with van der Waals surface area (Å²) < 4.78 is 0. The molecule has 102 valence electrons. The fourth-order valence-corrected chi connectivity index (χ4v) is 1.96. The van der Waals surface area contributed by atoms with Crippen LogP contribution >= 0.6 is 0 Å². The van der Waals surface area contributed by atoms with Crippen molar-refractivity contribution < 1.29 is 15.3 Å². The van der Waals surface area contributed by atoms with Gasteiger partial charge in [0.05, 0.1) is 5.92 Å². The maximum absolute atomic E-state index is 11.3. The lowest BCUT2D eigenvalue weighted by Crippen LogP contribution is -2.51. The molecule has 5 nitrogen and oxygen atoms in total. The summed E-state index contributed by atoms with van der Waals surface area (Å²) in [5.41, 5.74) is 13.1. The molecule has 0 aliphatic carbocycles. The highest BCUT2D eigenvalue weighted by atomic mass is 16.4. The molecule has 0 saturated carbocycles. The van der Waals surface area contributed by atoms with Crippen molar-refractivity contribution in [2.45, 2.75) is 19.8 Å². The minimum atomic E-state index is -0.996. The van der Waals surface area contributed by atoms with Gasteiger partial charge in [-0.1, -0.05) is 25.1 Å². The van der Waals surface area contributed by atoms with E-state index < -0.39 is 11.9 Å². The number of aliphatic carboxylic acids is 1. The molecule has 0 saturated heterocycles. The van der Waals surface area contributed by atoms with Gasteiger partial charge in [0.25, 0.3) is 0 Å². The molecule has 1 rings (SSSR count). The smallest absolute Gasteiger partial charge is 0.332 e. The van der Waals surface area contributed by atoms with Crippen LogP contribution in [0.5, 0.6) is 0 Å². The zero-order valence-electron chi connectivity index (χ0n) is 11.0. The number of benzene rings is 1. The molecule has 5 heteroatoms. The Morgan fingerprint density at radius 1 is 1.53 bits per heavy atom. The Morgan fingerprint density at radius 2 is 2.21 bits per heavy atom. The Bertz CT molecular complexity index is 509. The van der Waals surface area contributed by atoms with Gasteiger partial charge in [0.1, 0.15) is 0 Å². The van der Waals surface area contributed by atoms with Crippen LogP contribution in [0.1, 0.15) is 18.9 Å². The first-order valence-electron chi connectivity index (χ1n) is 6.11. The van der Waals surface area contributed by atoms with Crippen molar-refractivity contribution in [2.75, 3.05) is 5.73 Å². The number of anilines is 1. The van der Waals surface area contributed by atoms with Gasteiger partial charge >= 0.3 is 5.97 Å². The van der Waals surface area contributed by atoms with Gasteiger partial charge in [-0.3, -0.25) is 11.1 Å². The summed E-state index contributed by atoms with van der Waals surface area (Å²) in [6.45, 7) is 1.87. The third-order valence-electron chi connectivity index (χ3n) is 2.84. The third-order valence-corrected chi connectivity index (χ3v) is 2.84. The number of carbonyl (C=O) groups is 1. The summed E-state index contributed by atoms with van der Waals surface area (Å²) >= 11 is 0. The molecular formula is C14H20N3O2+. The van der Waals surface area contributed by atoms with Crippen molar-refractivity contribution in [3.05, 3.63) is 41.5 Å². The van der Waals surface area contributed by atoms with E-state index in [1.54, 1.807) is 18.2 Å². The number of rotatable bonds is 6. The van der Waals surface area contributed by atoms with Gasteiger partial charge in [0.15, 0.2) is 0 Å². The Hall–Kier alpha value is -2.30. The van der Waals surface area contributed by atoms with E-state index in [9.17, 15) is 9.90 Å². The SMILES string of the molecule is CC/C=C(/C(=O)O)[C@H](Cc1cccc(N)c1)C(N)=[NH2+]. The van der Waals surface area contributed by atoms with Crippen molar-refractivity contribution in [3.63, 3.8) is 0 Å². The van der Waals surface area contributed by atoms with Crippen molar-refractivity contribution >= 4 is 17.5 Å². The average molecular weight is 262 g/mol. The molecule has 0 aromatic heterocycles. The van der Waals surface area contributed by atoms with Crippen molar-refractivity contribution in [3.8, 4) is 0 Å². The molecule has 1 aromatic rings. The lowest BCUT2D eigenvalue weighted by molar-refractivity contribution is -0.135. The van der Waals surface area contributed by atoms with E-state index in [1.807, 2.05) is 19.1 Å². The fraction of sp³-hybridized carbons (Fsp3) is 0.286. The molecular weight excluding hydrogens is 242 g/mol. The minimum absolute atomic E-state index is 0.101. The van der Waals surface area contributed by atoms with Gasteiger partial charge in [-0.2, -0.15) is 0 Å². The molecule has 0 heterocycles. The lowest BCUT2D eigenvalue weighted by atomic mass is 9.90. The summed E-state index contributed by atoms with van der Waals surface area (Å²) in [6.07, 6.45) is 2.67. The van der Waals surface area contributed by atoms with E-state index in [1.165, 1.54) is 0 Å². The first-order chi connectivity index (χ1) is 8.95. The number of carboxylic acid groups (broad SMARTS) is 1. The fourth-order valence-electron chi connectivity index (χ4n) is 1.96.